The first-order valence-corrected chi connectivity index (χ1v) is 9.81. The lowest BCUT2D eigenvalue weighted by molar-refractivity contribution is 0.323. The van der Waals surface area contributed by atoms with Gasteiger partial charge in [0, 0.05) is 44.8 Å². The number of pyridine rings is 1. The summed E-state index contributed by atoms with van der Waals surface area (Å²) < 4.78 is 0. The Morgan fingerprint density at radius 2 is 2.07 bits per heavy atom. The Morgan fingerprint density at radius 1 is 1.32 bits per heavy atom. The highest BCUT2D eigenvalue weighted by atomic mass is 15.1. The summed E-state index contributed by atoms with van der Waals surface area (Å²) in [7, 11) is 0. The van der Waals surface area contributed by atoms with Crippen LogP contribution in [0.4, 0.5) is 0 Å². The van der Waals surface area contributed by atoms with E-state index in [2.05, 4.69) is 66.3 Å². The molecule has 152 valence electrons. The molecule has 0 saturated carbocycles. The van der Waals surface area contributed by atoms with Gasteiger partial charge in [-0.3, -0.25) is 19.9 Å². The maximum absolute atomic E-state index is 5.94. The van der Waals surface area contributed by atoms with Crippen LogP contribution in [0.25, 0.3) is 0 Å². The first-order chi connectivity index (χ1) is 13.5. The zero-order valence-corrected chi connectivity index (χ0v) is 18.1. The summed E-state index contributed by atoms with van der Waals surface area (Å²) in [6, 6.07) is 4.06. The number of aryl methyl sites for hydroxylation is 1. The maximum Gasteiger partial charge on any atom is 0.0573 e. The lowest BCUT2D eigenvalue weighted by Gasteiger charge is -2.25. The molecule has 5 heteroatoms. The van der Waals surface area contributed by atoms with Crippen molar-refractivity contribution in [3.05, 3.63) is 65.3 Å². The summed E-state index contributed by atoms with van der Waals surface area (Å²) in [5.41, 5.74) is 12.4. The largest absolute Gasteiger partial charge is 0.325 e. The quantitative estimate of drug-likeness (QED) is 0.576. The van der Waals surface area contributed by atoms with Crippen molar-refractivity contribution in [1.82, 2.24) is 9.88 Å². The summed E-state index contributed by atoms with van der Waals surface area (Å²) in [6.07, 6.45) is 8.33. The Balaban J connectivity index is 3.21. The van der Waals surface area contributed by atoms with E-state index in [0.29, 0.717) is 13.1 Å². The number of aromatic nitrogens is 1. The van der Waals surface area contributed by atoms with E-state index < -0.39 is 0 Å². The van der Waals surface area contributed by atoms with Crippen LogP contribution in [-0.4, -0.2) is 41.4 Å². The molecule has 0 aromatic carbocycles. The lowest BCUT2D eigenvalue weighted by Crippen LogP contribution is -2.32. The number of nitrogens with two attached hydrogens (primary N) is 1. The molecule has 0 aliphatic heterocycles. The second-order valence-electron chi connectivity index (χ2n) is 6.79. The monoisotopic (exact) mass is 381 g/mol. The molecular formula is C23H35N5. The molecule has 0 saturated heterocycles. The average Bonchev–Trinajstić information content (AvgIpc) is 2.69. The molecule has 1 aromatic heterocycles. The molecule has 1 aromatic rings. The van der Waals surface area contributed by atoms with Crippen LogP contribution in [0.15, 0.2) is 64.0 Å². The number of hydrogen-bond acceptors (Lipinski definition) is 5. The van der Waals surface area contributed by atoms with Gasteiger partial charge >= 0.3 is 0 Å². The van der Waals surface area contributed by atoms with E-state index in [0.717, 1.165) is 47.8 Å². The highest BCUT2D eigenvalue weighted by Gasteiger charge is 2.15. The Hall–Kier alpha value is -2.37. The molecule has 0 atom stereocenters. The van der Waals surface area contributed by atoms with E-state index in [1.165, 1.54) is 5.56 Å². The summed E-state index contributed by atoms with van der Waals surface area (Å²) in [5.74, 6) is 0. The zero-order valence-electron chi connectivity index (χ0n) is 18.1. The third-order valence-corrected chi connectivity index (χ3v) is 4.58. The van der Waals surface area contributed by atoms with Crippen molar-refractivity contribution >= 4 is 11.9 Å². The van der Waals surface area contributed by atoms with Crippen LogP contribution < -0.4 is 5.73 Å². The minimum Gasteiger partial charge on any atom is -0.325 e. The number of hydrogen-bond donors (Lipinski definition) is 1. The van der Waals surface area contributed by atoms with Crippen LogP contribution in [0.3, 0.4) is 0 Å². The minimum absolute atomic E-state index is 0.431. The summed E-state index contributed by atoms with van der Waals surface area (Å²) in [6.45, 7) is 16.7. The van der Waals surface area contributed by atoms with E-state index in [-0.39, 0.29) is 0 Å². The van der Waals surface area contributed by atoms with Crippen LogP contribution in [0.1, 0.15) is 45.4 Å². The SMILES string of the molecule is C=C/N=C(CN(C/C(C)=C(CN)/N=C\CC)Cc1ncccc1C)\C(C)=C/C. The molecule has 2 N–H and O–H groups in total. The van der Waals surface area contributed by atoms with Crippen molar-refractivity contribution in [2.24, 2.45) is 15.7 Å². The molecule has 0 bridgehead atoms. The summed E-state index contributed by atoms with van der Waals surface area (Å²) in [5, 5.41) is 0. The Bertz CT molecular complexity index is 756. The topological polar surface area (TPSA) is 66.9 Å². The normalized spacial score (nSPS) is 14.0. The van der Waals surface area contributed by atoms with Gasteiger partial charge < -0.3 is 5.73 Å². The second kappa shape index (κ2) is 12.9. The first kappa shape index (κ1) is 23.7. The van der Waals surface area contributed by atoms with Crippen molar-refractivity contribution in [2.45, 2.75) is 47.6 Å². The summed E-state index contributed by atoms with van der Waals surface area (Å²) >= 11 is 0. The molecule has 0 radical (unpaired) electrons. The molecule has 0 spiro atoms. The molecule has 0 aliphatic carbocycles. The van der Waals surface area contributed by atoms with Gasteiger partial charge in [0.2, 0.25) is 0 Å². The molecule has 1 rings (SSSR count). The number of allylic oxidation sites excluding steroid dienone is 1. The van der Waals surface area contributed by atoms with Gasteiger partial charge in [0.1, 0.15) is 0 Å². The fourth-order valence-corrected chi connectivity index (χ4v) is 2.78. The van der Waals surface area contributed by atoms with E-state index in [1.54, 1.807) is 6.20 Å². The smallest absolute Gasteiger partial charge is 0.0573 e. The Kier molecular flexibility index (Phi) is 10.9. The molecule has 0 unspecified atom stereocenters. The maximum atomic E-state index is 5.94. The van der Waals surface area contributed by atoms with Gasteiger partial charge in [0.25, 0.3) is 0 Å². The Morgan fingerprint density at radius 3 is 2.64 bits per heavy atom. The van der Waals surface area contributed by atoms with E-state index in [9.17, 15) is 0 Å². The molecule has 0 amide bonds. The summed E-state index contributed by atoms with van der Waals surface area (Å²) in [4.78, 5) is 15.9. The van der Waals surface area contributed by atoms with E-state index in [1.807, 2.05) is 25.4 Å². The van der Waals surface area contributed by atoms with Crippen molar-refractivity contribution in [3.63, 3.8) is 0 Å². The number of nitrogens with zero attached hydrogens (tertiary/aromatic N) is 4. The van der Waals surface area contributed by atoms with Gasteiger partial charge in [-0.25, -0.2) is 0 Å². The molecule has 1 heterocycles. The minimum atomic E-state index is 0.431. The van der Waals surface area contributed by atoms with Crippen molar-refractivity contribution in [1.29, 1.82) is 0 Å². The third-order valence-electron chi connectivity index (χ3n) is 4.58. The number of aliphatic imine (C=N–C) groups is 2. The lowest BCUT2D eigenvalue weighted by atomic mass is 10.1. The van der Waals surface area contributed by atoms with Gasteiger partial charge in [0.05, 0.1) is 17.1 Å². The van der Waals surface area contributed by atoms with Gasteiger partial charge in [-0.15, -0.1) is 0 Å². The molecule has 0 fully saturated rings. The van der Waals surface area contributed by atoms with Crippen LogP contribution in [0, 0.1) is 6.92 Å². The van der Waals surface area contributed by atoms with Crippen molar-refractivity contribution in [3.8, 4) is 0 Å². The van der Waals surface area contributed by atoms with Crippen molar-refractivity contribution < 1.29 is 0 Å². The van der Waals surface area contributed by atoms with E-state index >= 15 is 0 Å². The predicted molar refractivity (Wildman–Crippen MR) is 122 cm³/mol. The third kappa shape index (κ3) is 7.71. The number of rotatable bonds is 11. The van der Waals surface area contributed by atoms with Gasteiger partial charge in [-0.05, 0) is 56.9 Å². The fourth-order valence-electron chi connectivity index (χ4n) is 2.78. The van der Waals surface area contributed by atoms with Crippen molar-refractivity contribution in [2.75, 3.05) is 19.6 Å². The average molecular weight is 382 g/mol. The highest BCUT2D eigenvalue weighted by molar-refractivity contribution is 6.01. The predicted octanol–water partition coefficient (Wildman–Crippen LogP) is 4.46. The molecule has 28 heavy (non-hydrogen) atoms. The standard InChI is InChI=1S/C23H35N5/c1-7-12-26-21(14-24)20(6)15-28(16-22(25-9-3)18(4)8-2)17-23-19(5)11-10-13-27-23/h8-13H,3,7,14-17,24H2,1-2,4-6H3/b18-8-,21-20+,25-22-,26-12-. The van der Waals surface area contributed by atoms with Crippen LogP contribution in [0.2, 0.25) is 0 Å². The van der Waals surface area contributed by atoms with Gasteiger partial charge in [0.15, 0.2) is 0 Å². The second-order valence-corrected chi connectivity index (χ2v) is 6.79. The van der Waals surface area contributed by atoms with Gasteiger partial charge in [-0.2, -0.15) is 0 Å². The van der Waals surface area contributed by atoms with E-state index in [4.69, 9.17) is 5.73 Å². The Labute approximate surface area is 170 Å². The zero-order chi connectivity index (χ0) is 20.9. The fraction of sp³-hybridized carbons (Fsp3) is 0.435. The van der Waals surface area contributed by atoms with Crippen LogP contribution >= 0.6 is 0 Å². The molecule has 0 aliphatic rings. The first-order valence-electron chi connectivity index (χ1n) is 9.81. The van der Waals surface area contributed by atoms with Gasteiger partial charge in [-0.1, -0.05) is 25.6 Å². The van der Waals surface area contributed by atoms with Crippen LogP contribution in [-0.2, 0) is 6.54 Å². The highest BCUT2D eigenvalue weighted by Crippen LogP contribution is 2.14. The molecular weight excluding hydrogens is 346 g/mol. The van der Waals surface area contributed by atoms with Crippen LogP contribution in [0.5, 0.6) is 0 Å². The molecule has 5 nitrogen and oxygen atoms in total.